The molecule has 3 aromatic heterocycles. The highest BCUT2D eigenvalue weighted by Crippen LogP contribution is 2.16. The van der Waals surface area contributed by atoms with Crippen molar-refractivity contribution in [3.63, 3.8) is 0 Å². The van der Waals surface area contributed by atoms with E-state index in [1.807, 2.05) is 44.2 Å². The normalized spacial score (nSPS) is 12.4. The molecule has 6 nitrogen and oxygen atoms in total. The minimum absolute atomic E-state index is 0.0106. The van der Waals surface area contributed by atoms with Crippen molar-refractivity contribution in [2.45, 2.75) is 32.7 Å². The fraction of sp³-hybridized carbons (Fsp3) is 0.261. The van der Waals surface area contributed by atoms with Crippen LogP contribution in [0, 0.1) is 6.92 Å². The maximum absolute atomic E-state index is 12.9. The van der Waals surface area contributed by atoms with Crippen LogP contribution in [-0.4, -0.2) is 25.9 Å². The lowest BCUT2D eigenvalue weighted by atomic mass is 10.1. The first kappa shape index (κ1) is 18.9. The highest BCUT2D eigenvalue weighted by atomic mass is 16.2. The zero-order chi connectivity index (χ0) is 20.5. The average Bonchev–Trinajstić information content (AvgIpc) is 3.05. The molecule has 1 aromatic carbocycles. The van der Waals surface area contributed by atoms with Crippen molar-refractivity contribution in [3.8, 4) is 0 Å². The lowest BCUT2D eigenvalue weighted by molar-refractivity contribution is 0.0930. The molecule has 0 spiro atoms. The van der Waals surface area contributed by atoms with Crippen LogP contribution in [0.1, 0.15) is 35.0 Å². The van der Waals surface area contributed by atoms with Gasteiger partial charge in [0.1, 0.15) is 17.0 Å². The van der Waals surface area contributed by atoms with Gasteiger partial charge in [-0.3, -0.25) is 14.0 Å². The summed E-state index contributed by atoms with van der Waals surface area (Å²) in [5.74, 6) is -0.198. The van der Waals surface area contributed by atoms with Crippen molar-refractivity contribution in [2.24, 2.45) is 7.05 Å². The second kappa shape index (κ2) is 7.54. The zero-order valence-electron chi connectivity index (χ0n) is 16.8. The first-order valence-corrected chi connectivity index (χ1v) is 9.77. The molecule has 3 heterocycles. The predicted octanol–water partition coefficient (Wildman–Crippen LogP) is 3.25. The SMILES string of the molecule is Cc1ccc2nc3c(cc(C(=O)NC(C)CCc4ccccc4)n3C)c(=O)n2c1. The van der Waals surface area contributed by atoms with Gasteiger partial charge in [0.15, 0.2) is 0 Å². The quantitative estimate of drug-likeness (QED) is 0.571. The molecule has 0 radical (unpaired) electrons. The van der Waals surface area contributed by atoms with Gasteiger partial charge in [-0.25, -0.2) is 4.98 Å². The molecule has 29 heavy (non-hydrogen) atoms. The molecule has 1 N–H and O–H groups in total. The van der Waals surface area contributed by atoms with Gasteiger partial charge in [0.25, 0.3) is 11.5 Å². The highest BCUT2D eigenvalue weighted by Gasteiger charge is 2.19. The van der Waals surface area contributed by atoms with Crippen LogP contribution in [0.5, 0.6) is 0 Å². The molecular formula is C23H24N4O2. The van der Waals surface area contributed by atoms with Gasteiger partial charge >= 0.3 is 0 Å². The Labute approximate surface area is 168 Å². The summed E-state index contributed by atoms with van der Waals surface area (Å²) in [6.07, 6.45) is 3.50. The topological polar surface area (TPSA) is 68.4 Å². The van der Waals surface area contributed by atoms with Crippen LogP contribution < -0.4 is 10.9 Å². The number of nitrogens with zero attached hydrogens (tertiary/aromatic N) is 3. The molecule has 0 aliphatic carbocycles. The van der Waals surface area contributed by atoms with Gasteiger partial charge in [0, 0.05) is 19.3 Å². The number of nitrogens with one attached hydrogen (secondary N) is 1. The van der Waals surface area contributed by atoms with E-state index in [4.69, 9.17) is 0 Å². The molecule has 0 saturated heterocycles. The van der Waals surface area contributed by atoms with Gasteiger partial charge in [0.2, 0.25) is 0 Å². The van der Waals surface area contributed by atoms with Crippen LogP contribution in [0.25, 0.3) is 16.7 Å². The summed E-state index contributed by atoms with van der Waals surface area (Å²) in [4.78, 5) is 30.3. The standard InChI is InChI=1S/C23H24N4O2/c1-15-9-12-20-25-21-18(23(29)27(20)14-15)13-19(26(21)3)22(28)24-16(2)10-11-17-7-5-4-6-8-17/h4-9,12-14,16H,10-11H2,1-3H3,(H,24,28). The minimum Gasteiger partial charge on any atom is -0.348 e. The second-order valence-electron chi connectivity index (χ2n) is 7.58. The van der Waals surface area contributed by atoms with Gasteiger partial charge in [-0.05, 0) is 49.9 Å². The lowest BCUT2D eigenvalue weighted by Gasteiger charge is -2.14. The first-order chi connectivity index (χ1) is 13.9. The monoisotopic (exact) mass is 388 g/mol. The third-order valence-electron chi connectivity index (χ3n) is 5.26. The summed E-state index contributed by atoms with van der Waals surface area (Å²) in [5, 5.41) is 3.48. The number of hydrogen-bond acceptors (Lipinski definition) is 3. The molecule has 0 bridgehead atoms. The maximum atomic E-state index is 12.9. The van der Waals surface area contributed by atoms with Crippen molar-refractivity contribution < 1.29 is 4.79 Å². The van der Waals surface area contributed by atoms with Crippen LogP contribution in [-0.2, 0) is 13.5 Å². The summed E-state index contributed by atoms with van der Waals surface area (Å²) in [6.45, 7) is 3.92. The van der Waals surface area contributed by atoms with E-state index < -0.39 is 0 Å². The molecule has 1 unspecified atom stereocenters. The van der Waals surface area contributed by atoms with Crippen LogP contribution in [0.15, 0.2) is 59.5 Å². The van der Waals surface area contributed by atoms with Crippen LogP contribution >= 0.6 is 0 Å². The Bertz CT molecular complexity index is 1250. The molecule has 148 valence electrons. The zero-order valence-corrected chi connectivity index (χ0v) is 16.8. The lowest BCUT2D eigenvalue weighted by Crippen LogP contribution is -2.34. The van der Waals surface area contributed by atoms with Crippen molar-refractivity contribution >= 4 is 22.6 Å². The Morgan fingerprint density at radius 3 is 2.69 bits per heavy atom. The van der Waals surface area contributed by atoms with E-state index in [0.29, 0.717) is 22.4 Å². The number of hydrogen-bond donors (Lipinski definition) is 1. The van der Waals surface area contributed by atoms with Gasteiger partial charge in [-0.15, -0.1) is 0 Å². The van der Waals surface area contributed by atoms with Crippen molar-refractivity contribution in [2.75, 3.05) is 0 Å². The predicted molar refractivity (Wildman–Crippen MR) is 114 cm³/mol. The molecule has 1 amide bonds. The number of carbonyl (C=O) groups is 1. The third kappa shape index (κ3) is 3.66. The summed E-state index contributed by atoms with van der Waals surface area (Å²) in [7, 11) is 1.77. The molecular weight excluding hydrogens is 364 g/mol. The fourth-order valence-corrected chi connectivity index (χ4v) is 3.59. The second-order valence-corrected chi connectivity index (χ2v) is 7.58. The Morgan fingerprint density at radius 2 is 1.93 bits per heavy atom. The Balaban J connectivity index is 1.59. The highest BCUT2D eigenvalue weighted by molar-refractivity contribution is 5.98. The summed E-state index contributed by atoms with van der Waals surface area (Å²) in [6, 6.07) is 15.6. The largest absolute Gasteiger partial charge is 0.348 e. The number of fused-ring (bicyclic) bond motifs is 2. The Hall–Kier alpha value is -3.41. The Kier molecular flexibility index (Phi) is 4.92. The molecule has 6 heteroatoms. The smallest absolute Gasteiger partial charge is 0.268 e. The average molecular weight is 388 g/mol. The van der Waals surface area contributed by atoms with E-state index in [1.165, 1.54) is 9.96 Å². The number of pyridine rings is 1. The van der Waals surface area contributed by atoms with Crippen molar-refractivity contribution in [1.29, 1.82) is 0 Å². The van der Waals surface area contributed by atoms with Gasteiger partial charge in [-0.1, -0.05) is 36.4 Å². The van der Waals surface area contributed by atoms with E-state index in [-0.39, 0.29) is 17.5 Å². The first-order valence-electron chi connectivity index (χ1n) is 9.77. The molecule has 0 saturated carbocycles. The van der Waals surface area contributed by atoms with E-state index in [9.17, 15) is 9.59 Å². The van der Waals surface area contributed by atoms with Crippen LogP contribution in [0.2, 0.25) is 0 Å². The van der Waals surface area contributed by atoms with E-state index in [0.717, 1.165) is 18.4 Å². The molecule has 0 fully saturated rings. The number of carbonyl (C=O) groups excluding carboxylic acids is 1. The number of amides is 1. The van der Waals surface area contributed by atoms with Crippen molar-refractivity contribution in [1.82, 2.24) is 19.3 Å². The minimum atomic E-state index is -0.198. The number of aryl methyl sites for hydroxylation is 3. The third-order valence-corrected chi connectivity index (χ3v) is 5.26. The number of benzene rings is 1. The number of rotatable bonds is 5. The summed E-state index contributed by atoms with van der Waals surface area (Å²) < 4.78 is 3.22. The summed E-state index contributed by atoms with van der Waals surface area (Å²) in [5.41, 5.74) is 3.57. The number of aromatic nitrogens is 3. The molecule has 0 aliphatic heterocycles. The van der Waals surface area contributed by atoms with Crippen molar-refractivity contribution in [3.05, 3.63) is 81.9 Å². The molecule has 4 rings (SSSR count). The van der Waals surface area contributed by atoms with E-state index >= 15 is 0 Å². The maximum Gasteiger partial charge on any atom is 0.268 e. The van der Waals surface area contributed by atoms with E-state index in [2.05, 4.69) is 22.4 Å². The van der Waals surface area contributed by atoms with Gasteiger partial charge in [0.05, 0.1) is 5.39 Å². The summed E-state index contributed by atoms with van der Waals surface area (Å²) >= 11 is 0. The van der Waals surface area contributed by atoms with Gasteiger partial charge in [-0.2, -0.15) is 0 Å². The molecule has 1 atom stereocenters. The van der Waals surface area contributed by atoms with E-state index in [1.54, 1.807) is 23.9 Å². The molecule has 0 aliphatic rings. The van der Waals surface area contributed by atoms with Crippen LogP contribution in [0.3, 0.4) is 0 Å². The Morgan fingerprint density at radius 1 is 1.17 bits per heavy atom. The fourth-order valence-electron chi connectivity index (χ4n) is 3.59. The van der Waals surface area contributed by atoms with Crippen LogP contribution in [0.4, 0.5) is 0 Å². The molecule has 4 aromatic rings. The van der Waals surface area contributed by atoms with Gasteiger partial charge < -0.3 is 9.88 Å².